The van der Waals surface area contributed by atoms with Crippen molar-refractivity contribution in [2.45, 2.75) is 19.9 Å². The fourth-order valence-electron chi connectivity index (χ4n) is 0.389. The molecule has 0 radical (unpaired) electrons. The summed E-state index contributed by atoms with van der Waals surface area (Å²) in [7, 11) is 1.40. The Labute approximate surface area is 65.5 Å². The maximum absolute atomic E-state index is 10.8. The van der Waals surface area contributed by atoms with Crippen LogP contribution in [0.3, 0.4) is 0 Å². The van der Waals surface area contributed by atoms with Crippen LogP contribution in [-0.4, -0.2) is 29.9 Å². The molecule has 0 aliphatic rings. The number of amides is 2. The van der Waals surface area contributed by atoms with Crippen LogP contribution >= 0.6 is 0 Å². The van der Waals surface area contributed by atoms with Gasteiger partial charge >= 0.3 is 6.03 Å². The lowest BCUT2D eigenvalue weighted by Gasteiger charge is -2.14. The molecule has 0 aliphatic heterocycles. The second-order valence-corrected chi connectivity index (χ2v) is 2.39. The van der Waals surface area contributed by atoms with Gasteiger partial charge in [-0.3, -0.25) is 9.80 Å². The number of nitrogens with zero attached hydrogens (tertiary/aromatic N) is 1. The van der Waals surface area contributed by atoms with Crippen molar-refractivity contribution in [3.05, 3.63) is 0 Å². The first-order chi connectivity index (χ1) is 4.95. The minimum Gasteiger partial charge on any atom is -0.327 e. The normalized spacial score (nSPS) is 12.0. The molecule has 0 bridgehead atoms. The Morgan fingerprint density at radius 2 is 2.00 bits per heavy atom. The number of urea groups is 1. The van der Waals surface area contributed by atoms with Gasteiger partial charge in [-0.1, -0.05) is 0 Å². The molecule has 0 saturated carbocycles. The number of Topliss-reactive ketones (excluding diaryl/α,β-unsaturated/α-hetero) is 1. The Balaban J connectivity index is 3.85. The molecule has 0 saturated heterocycles. The number of hydrogen-bond donors (Lipinski definition) is 2. The van der Waals surface area contributed by atoms with Crippen molar-refractivity contribution in [2.75, 3.05) is 7.05 Å². The number of nitrogens with two attached hydrogens (primary N) is 1. The van der Waals surface area contributed by atoms with Crippen LogP contribution in [0.5, 0.6) is 0 Å². The predicted molar refractivity (Wildman–Crippen MR) is 40.6 cm³/mol. The zero-order valence-corrected chi connectivity index (χ0v) is 6.92. The molecule has 0 unspecified atom stereocenters. The number of carbonyl (C=O) groups is 2. The van der Waals surface area contributed by atoms with Gasteiger partial charge in [-0.15, -0.1) is 0 Å². The van der Waals surface area contributed by atoms with Crippen molar-refractivity contribution < 1.29 is 9.59 Å². The molecule has 2 amide bonds. The summed E-state index contributed by atoms with van der Waals surface area (Å²) in [5.41, 5.74) is 0. The molecule has 11 heavy (non-hydrogen) atoms. The average molecular weight is 159 g/mol. The van der Waals surface area contributed by atoms with Gasteiger partial charge in [0.1, 0.15) is 0 Å². The zero-order chi connectivity index (χ0) is 9.02. The first-order valence-electron chi connectivity index (χ1n) is 3.24. The number of hydrogen-bond acceptors (Lipinski definition) is 3. The highest BCUT2D eigenvalue weighted by Crippen LogP contribution is 1.84. The monoisotopic (exact) mass is 159 g/mol. The Morgan fingerprint density at radius 3 is 2.27 bits per heavy atom. The van der Waals surface area contributed by atoms with Crippen LogP contribution in [0.15, 0.2) is 0 Å². The Bertz CT molecular complexity index is 167. The summed E-state index contributed by atoms with van der Waals surface area (Å²) in [6.07, 6.45) is 0. The predicted octanol–water partition coefficient (Wildman–Crippen LogP) is -0.521. The maximum Gasteiger partial charge on any atom is 0.331 e. The third-order valence-corrected chi connectivity index (χ3v) is 1.27. The van der Waals surface area contributed by atoms with Gasteiger partial charge in [-0.2, -0.15) is 0 Å². The van der Waals surface area contributed by atoms with Crippen molar-refractivity contribution in [3.8, 4) is 0 Å². The van der Waals surface area contributed by atoms with Gasteiger partial charge in [0.25, 0.3) is 0 Å². The Hall–Kier alpha value is -1.10. The van der Waals surface area contributed by atoms with Crippen molar-refractivity contribution >= 4 is 11.8 Å². The molecule has 0 aromatic carbocycles. The van der Waals surface area contributed by atoms with Crippen LogP contribution < -0.4 is 11.2 Å². The van der Waals surface area contributed by atoms with E-state index in [9.17, 15) is 9.59 Å². The van der Waals surface area contributed by atoms with E-state index in [-0.39, 0.29) is 5.78 Å². The molecule has 0 heterocycles. The fraction of sp³-hybridized carbons (Fsp3) is 0.667. The third-order valence-electron chi connectivity index (χ3n) is 1.27. The number of rotatable bonds is 2. The van der Waals surface area contributed by atoms with Crippen molar-refractivity contribution in [1.29, 1.82) is 0 Å². The molecule has 3 N–H and O–H groups in total. The van der Waals surface area contributed by atoms with Crippen LogP contribution in [-0.2, 0) is 4.79 Å². The standard InChI is InChI=1S/C6H13N3O2/c1-4(5(2)10)8-6(11)9(3)7/h4H,7H2,1-3H3,(H,8,11)/t4-/m0/s1. The first-order valence-corrected chi connectivity index (χ1v) is 3.24. The van der Waals surface area contributed by atoms with Crippen LogP contribution in [0.25, 0.3) is 0 Å². The van der Waals surface area contributed by atoms with Gasteiger partial charge in [0.2, 0.25) is 0 Å². The van der Waals surface area contributed by atoms with Gasteiger partial charge < -0.3 is 5.32 Å². The van der Waals surface area contributed by atoms with E-state index >= 15 is 0 Å². The van der Waals surface area contributed by atoms with E-state index in [0.717, 1.165) is 5.01 Å². The zero-order valence-electron chi connectivity index (χ0n) is 6.92. The second-order valence-electron chi connectivity index (χ2n) is 2.39. The molecule has 64 valence electrons. The summed E-state index contributed by atoms with van der Waals surface area (Å²) in [4.78, 5) is 21.4. The molecule has 0 aromatic rings. The van der Waals surface area contributed by atoms with Gasteiger partial charge in [0.15, 0.2) is 5.78 Å². The molecule has 0 fully saturated rings. The van der Waals surface area contributed by atoms with Crippen LogP contribution in [0.1, 0.15) is 13.8 Å². The van der Waals surface area contributed by atoms with Gasteiger partial charge in [0, 0.05) is 7.05 Å². The molecule has 5 nitrogen and oxygen atoms in total. The van der Waals surface area contributed by atoms with Gasteiger partial charge in [0.05, 0.1) is 6.04 Å². The molecular weight excluding hydrogens is 146 g/mol. The van der Waals surface area contributed by atoms with Crippen LogP contribution in [0.2, 0.25) is 0 Å². The third kappa shape index (κ3) is 3.57. The highest BCUT2D eigenvalue weighted by molar-refractivity contribution is 5.86. The highest BCUT2D eigenvalue weighted by atomic mass is 16.2. The minimum atomic E-state index is -0.478. The molecule has 0 spiro atoms. The van der Waals surface area contributed by atoms with E-state index < -0.39 is 12.1 Å². The summed E-state index contributed by atoms with van der Waals surface area (Å²) in [6.45, 7) is 3.01. The van der Waals surface area contributed by atoms with Crippen LogP contribution in [0, 0.1) is 0 Å². The van der Waals surface area contributed by atoms with E-state index in [0.29, 0.717) is 0 Å². The molecule has 0 aliphatic carbocycles. The Kier molecular flexibility index (Phi) is 3.53. The summed E-state index contributed by atoms with van der Waals surface area (Å²) in [6, 6.07) is -0.943. The van der Waals surface area contributed by atoms with Gasteiger partial charge in [-0.05, 0) is 13.8 Å². The highest BCUT2D eigenvalue weighted by Gasteiger charge is 2.11. The summed E-state index contributed by atoms with van der Waals surface area (Å²) in [5, 5.41) is 3.28. The molecule has 0 aromatic heterocycles. The summed E-state index contributed by atoms with van der Waals surface area (Å²) >= 11 is 0. The van der Waals surface area contributed by atoms with Gasteiger partial charge in [-0.25, -0.2) is 10.6 Å². The second kappa shape index (κ2) is 3.92. The lowest BCUT2D eigenvalue weighted by Crippen LogP contribution is -2.47. The van der Waals surface area contributed by atoms with Crippen molar-refractivity contribution in [1.82, 2.24) is 10.3 Å². The van der Waals surface area contributed by atoms with E-state index in [1.54, 1.807) is 6.92 Å². The lowest BCUT2D eigenvalue weighted by atomic mass is 10.2. The van der Waals surface area contributed by atoms with E-state index in [2.05, 4.69) is 5.32 Å². The minimum absolute atomic E-state index is 0.0970. The Morgan fingerprint density at radius 1 is 1.55 bits per heavy atom. The number of hydrazine groups is 1. The quantitative estimate of drug-likeness (QED) is 0.323. The van der Waals surface area contributed by atoms with Crippen LogP contribution in [0.4, 0.5) is 4.79 Å². The number of ketones is 1. The summed E-state index contributed by atoms with van der Waals surface area (Å²) in [5.74, 6) is 5.00. The number of nitrogens with one attached hydrogen (secondary N) is 1. The SMILES string of the molecule is CC(=O)[C@H](C)NC(=O)N(C)N. The van der Waals surface area contributed by atoms with E-state index in [1.165, 1.54) is 14.0 Å². The lowest BCUT2D eigenvalue weighted by molar-refractivity contribution is -0.118. The molecule has 0 rings (SSSR count). The first kappa shape index (κ1) is 9.90. The average Bonchev–Trinajstić information content (AvgIpc) is 1.87. The largest absolute Gasteiger partial charge is 0.331 e. The van der Waals surface area contributed by atoms with E-state index in [4.69, 9.17) is 5.84 Å². The number of carbonyl (C=O) groups excluding carboxylic acids is 2. The maximum atomic E-state index is 10.8. The van der Waals surface area contributed by atoms with Crippen molar-refractivity contribution in [3.63, 3.8) is 0 Å². The van der Waals surface area contributed by atoms with Crippen molar-refractivity contribution in [2.24, 2.45) is 5.84 Å². The van der Waals surface area contributed by atoms with E-state index in [1.807, 2.05) is 0 Å². The molecular formula is C6H13N3O2. The topological polar surface area (TPSA) is 75.4 Å². The summed E-state index contributed by atoms with van der Waals surface area (Å²) < 4.78 is 0. The fourth-order valence-corrected chi connectivity index (χ4v) is 0.389. The molecule has 5 heteroatoms. The molecule has 1 atom stereocenters. The smallest absolute Gasteiger partial charge is 0.327 e.